The number of ether oxygens (including phenoxy) is 2. The van der Waals surface area contributed by atoms with Gasteiger partial charge in [-0.05, 0) is 37.5 Å². The fourth-order valence-corrected chi connectivity index (χ4v) is 3.61. The van der Waals surface area contributed by atoms with E-state index in [-0.39, 0.29) is 0 Å². The summed E-state index contributed by atoms with van der Waals surface area (Å²) in [6.45, 7) is 5.71. The third-order valence-corrected chi connectivity index (χ3v) is 4.41. The van der Waals surface area contributed by atoms with Crippen LogP contribution in [0.25, 0.3) is 0 Å². The van der Waals surface area contributed by atoms with Gasteiger partial charge in [0.2, 0.25) is 0 Å². The van der Waals surface area contributed by atoms with Gasteiger partial charge in [0, 0.05) is 25.5 Å². The molecule has 1 rings (SSSR count). The molecule has 2 atom stereocenters. The Bertz CT molecular complexity index is 181. The molecular formula is C13H27NO2S. The van der Waals surface area contributed by atoms with Crippen LogP contribution in [0.4, 0.5) is 0 Å². The van der Waals surface area contributed by atoms with Crippen molar-refractivity contribution in [3.05, 3.63) is 0 Å². The fourth-order valence-electron chi connectivity index (χ4n) is 2.13. The Morgan fingerprint density at radius 3 is 2.88 bits per heavy atom. The molecular weight excluding hydrogens is 234 g/mol. The molecule has 0 aromatic heterocycles. The van der Waals surface area contributed by atoms with Crippen molar-refractivity contribution >= 4 is 11.8 Å². The molecule has 0 spiro atoms. The van der Waals surface area contributed by atoms with Crippen LogP contribution in [0.5, 0.6) is 0 Å². The average Bonchev–Trinajstić information content (AvgIpc) is 2.78. The zero-order valence-electron chi connectivity index (χ0n) is 11.2. The first-order valence-corrected chi connectivity index (χ1v) is 7.91. The predicted octanol–water partition coefficient (Wildman–Crippen LogP) is 2.16. The van der Waals surface area contributed by atoms with Gasteiger partial charge in [-0.3, -0.25) is 0 Å². The summed E-state index contributed by atoms with van der Waals surface area (Å²) in [5.74, 6) is 3.45. The Morgan fingerprint density at radius 2 is 2.12 bits per heavy atom. The molecule has 4 heteroatoms. The zero-order chi connectivity index (χ0) is 12.3. The van der Waals surface area contributed by atoms with Crippen molar-refractivity contribution in [3.63, 3.8) is 0 Å². The predicted molar refractivity (Wildman–Crippen MR) is 74.8 cm³/mol. The molecule has 1 aliphatic heterocycles. The van der Waals surface area contributed by atoms with Crippen LogP contribution in [0.1, 0.15) is 26.2 Å². The van der Waals surface area contributed by atoms with Crippen LogP contribution in [0, 0.1) is 5.92 Å². The van der Waals surface area contributed by atoms with Crippen molar-refractivity contribution in [2.75, 3.05) is 45.0 Å². The second-order valence-corrected chi connectivity index (χ2v) is 5.68. The molecule has 1 N–H and O–H groups in total. The van der Waals surface area contributed by atoms with E-state index in [0.717, 1.165) is 31.7 Å². The van der Waals surface area contributed by atoms with Gasteiger partial charge in [-0.1, -0.05) is 6.92 Å². The van der Waals surface area contributed by atoms with Gasteiger partial charge in [0.15, 0.2) is 0 Å². The number of methoxy groups -OCH3 is 1. The van der Waals surface area contributed by atoms with Crippen molar-refractivity contribution in [2.45, 2.75) is 32.2 Å². The molecule has 102 valence electrons. The van der Waals surface area contributed by atoms with Crippen LogP contribution in [0.3, 0.4) is 0 Å². The second kappa shape index (κ2) is 10.2. The monoisotopic (exact) mass is 261 g/mol. The number of hydrogen-bond acceptors (Lipinski definition) is 4. The molecule has 0 radical (unpaired) electrons. The summed E-state index contributed by atoms with van der Waals surface area (Å²) in [6.07, 6.45) is 3.70. The van der Waals surface area contributed by atoms with E-state index in [2.05, 4.69) is 24.0 Å². The number of hydrogen-bond donors (Lipinski definition) is 1. The van der Waals surface area contributed by atoms with Gasteiger partial charge in [-0.15, -0.1) is 0 Å². The Balaban J connectivity index is 2.00. The molecule has 0 aromatic rings. The van der Waals surface area contributed by atoms with E-state index in [0.29, 0.717) is 6.61 Å². The maximum Gasteiger partial charge on any atom is 0.0700 e. The summed E-state index contributed by atoms with van der Waals surface area (Å²) in [5, 5.41) is 3.66. The number of nitrogens with one attached hydrogen (secondary N) is 1. The molecule has 0 bridgehead atoms. The van der Waals surface area contributed by atoms with Gasteiger partial charge >= 0.3 is 0 Å². The third-order valence-electron chi connectivity index (χ3n) is 3.15. The van der Waals surface area contributed by atoms with Gasteiger partial charge in [-0.2, -0.15) is 11.8 Å². The van der Waals surface area contributed by atoms with Crippen molar-refractivity contribution in [1.29, 1.82) is 0 Å². The SMILES string of the molecule is CCCNC1CSCC1CCCOCCOC. The van der Waals surface area contributed by atoms with E-state index in [1.807, 2.05) is 0 Å². The lowest BCUT2D eigenvalue weighted by molar-refractivity contribution is 0.0671. The third kappa shape index (κ3) is 6.65. The minimum Gasteiger partial charge on any atom is -0.382 e. The Kier molecular flexibility index (Phi) is 9.16. The van der Waals surface area contributed by atoms with Crippen LogP contribution in [0.2, 0.25) is 0 Å². The molecule has 1 aliphatic rings. The molecule has 0 aromatic carbocycles. The van der Waals surface area contributed by atoms with Gasteiger partial charge < -0.3 is 14.8 Å². The van der Waals surface area contributed by atoms with Crippen LogP contribution in [-0.2, 0) is 9.47 Å². The molecule has 0 aliphatic carbocycles. The van der Waals surface area contributed by atoms with Crippen LogP contribution >= 0.6 is 11.8 Å². The molecule has 17 heavy (non-hydrogen) atoms. The minimum absolute atomic E-state index is 0.708. The Labute approximate surface area is 110 Å². The summed E-state index contributed by atoms with van der Waals surface area (Å²) in [4.78, 5) is 0. The minimum atomic E-state index is 0.708. The summed E-state index contributed by atoms with van der Waals surface area (Å²) < 4.78 is 10.4. The lowest BCUT2D eigenvalue weighted by Crippen LogP contribution is -2.35. The molecule has 1 heterocycles. The van der Waals surface area contributed by atoms with Crippen molar-refractivity contribution in [3.8, 4) is 0 Å². The van der Waals surface area contributed by atoms with Crippen LogP contribution < -0.4 is 5.32 Å². The number of thioether (sulfide) groups is 1. The van der Waals surface area contributed by atoms with E-state index in [1.165, 1.54) is 30.8 Å². The van der Waals surface area contributed by atoms with Crippen molar-refractivity contribution in [2.24, 2.45) is 5.92 Å². The summed E-state index contributed by atoms with van der Waals surface area (Å²) in [5.41, 5.74) is 0. The smallest absolute Gasteiger partial charge is 0.0700 e. The van der Waals surface area contributed by atoms with Crippen LogP contribution in [0.15, 0.2) is 0 Å². The fraction of sp³-hybridized carbons (Fsp3) is 1.00. The normalized spacial score (nSPS) is 24.4. The lowest BCUT2D eigenvalue weighted by atomic mass is 9.98. The highest BCUT2D eigenvalue weighted by atomic mass is 32.2. The standard InChI is InChI=1S/C13H27NO2S/c1-3-6-14-13-11-17-10-12(13)5-4-7-16-9-8-15-2/h12-14H,3-11H2,1-2H3. The number of rotatable bonds is 10. The Morgan fingerprint density at radius 1 is 1.24 bits per heavy atom. The largest absolute Gasteiger partial charge is 0.382 e. The molecule has 2 unspecified atom stereocenters. The maximum absolute atomic E-state index is 5.50. The van der Waals surface area contributed by atoms with E-state index >= 15 is 0 Å². The van der Waals surface area contributed by atoms with E-state index in [1.54, 1.807) is 7.11 Å². The van der Waals surface area contributed by atoms with Crippen LogP contribution in [-0.4, -0.2) is 51.0 Å². The lowest BCUT2D eigenvalue weighted by Gasteiger charge is -2.19. The quantitative estimate of drug-likeness (QED) is 0.611. The molecule has 0 saturated carbocycles. The van der Waals surface area contributed by atoms with Crippen molar-refractivity contribution < 1.29 is 9.47 Å². The highest BCUT2D eigenvalue weighted by molar-refractivity contribution is 7.99. The first-order valence-electron chi connectivity index (χ1n) is 6.76. The highest BCUT2D eigenvalue weighted by Crippen LogP contribution is 2.27. The molecule has 1 fully saturated rings. The molecule has 0 amide bonds. The van der Waals surface area contributed by atoms with E-state index in [9.17, 15) is 0 Å². The average molecular weight is 261 g/mol. The maximum atomic E-state index is 5.50. The molecule has 1 saturated heterocycles. The summed E-state index contributed by atoms with van der Waals surface area (Å²) in [6, 6.07) is 0.735. The first-order chi connectivity index (χ1) is 8.38. The molecule has 3 nitrogen and oxygen atoms in total. The zero-order valence-corrected chi connectivity index (χ0v) is 12.1. The first kappa shape index (κ1) is 15.3. The second-order valence-electron chi connectivity index (χ2n) is 4.61. The van der Waals surface area contributed by atoms with E-state index in [4.69, 9.17) is 9.47 Å². The van der Waals surface area contributed by atoms with Crippen molar-refractivity contribution in [1.82, 2.24) is 5.32 Å². The topological polar surface area (TPSA) is 30.5 Å². The van der Waals surface area contributed by atoms with Gasteiger partial charge in [-0.25, -0.2) is 0 Å². The van der Waals surface area contributed by atoms with Gasteiger partial charge in [0.25, 0.3) is 0 Å². The van der Waals surface area contributed by atoms with Gasteiger partial charge in [0.1, 0.15) is 0 Å². The Hall–Kier alpha value is 0.230. The van der Waals surface area contributed by atoms with Gasteiger partial charge in [0.05, 0.1) is 13.2 Å². The van der Waals surface area contributed by atoms with E-state index < -0.39 is 0 Å². The highest BCUT2D eigenvalue weighted by Gasteiger charge is 2.26. The summed E-state index contributed by atoms with van der Waals surface area (Å²) >= 11 is 2.09. The summed E-state index contributed by atoms with van der Waals surface area (Å²) in [7, 11) is 1.71.